The van der Waals surface area contributed by atoms with Crippen molar-refractivity contribution in [1.82, 2.24) is 9.88 Å². The van der Waals surface area contributed by atoms with Gasteiger partial charge in [-0.3, -0.25) is 9.88 Å². The minimum absolute atomic E-state index is 0.0406. The molecule has 1 aliphatic carbocycles. The van der Waals surface area contributed by atoms with Crippen molar-refractivity contribution in [2.45, 2.75) is 49.7 Å². The van der Waals surface area contributed by atoms with E-state index in [-0.39, 0.29) is 17.8 Å². The van der Waals surface area contributed by atoms with Gasteiger partial charge in [-0.15, -0.1) is 0 Å². The normalized spacial score (nSPS) is 30.4. The average Bonchev–Trinajstić information content (AvgIpc) is 3.30. The van der Waals surface area contributed by atoms with Crippen LogP contribution >= 0.6 is 11.6 Å². The van der Waals surface area contributed by atoms with Crippen LogP contribution in [0.2, 0.25) is 0 Å². The highest BCUT2D eigenvalue weighted by molar-refractivity contribution is 6.30. The molecule has 2 aliphatic heterocycles. The van der Waals surface area contributed by atoms with Crippen LogP contribution in [0.15, 0.2) is 71.9 Å². The molecular weight excluding hydrogens is 371 g/mol. The SMILES string of the molecule is Fc1ccccc1C(C1CC=CC=C1Cl)N1C2CCC1C(c1ccccn1)C2. The number of hydrogen-bond donors (Lipinski definition) is 0. The lowest BCUT2D eigenvalue weighted by Gasteiger charge is -2.39. The van der Waals surface area contributed by atoms with Gasteiger partial charge in [0.15, 0.2) is 0 Å². The molecule has 2 bridgehead atoms. The predicted molar refractivity (Wildman–Crippen MR) is 111 cm³/mol. The fraction of sp³-hybridized carbons (Fsp3) is 0.375. The van der Waals surface area contributed by atoms with E-state index in [9.17, 15) is 4.39 Å². The standard InChI is InChI=1S/C24H24ClFN2/c25-20-9-3-1-7-17(20)24(18-8-2-4-10-21(18)26)28-16-12-13-23(28)19(15-16)22-11-5-6-14-27-22/h1-6,8-11,14,16-17,19,23-24H,7,12-13,15H2. The molecule has 0 N–H and O–H groups in total. The van der Waals surface area contributed by atoms with Crippen LogP contribution in [0, 0.1) is 11.7 Å². The Hall–Kier alpha value is -1.97. The molecule has 0 spiro atoms. The maximum absolute atomic E-state index is 15.0. The summed E-state index contributed by atoms with van der Waals surface area (Å²) in [5, 5.41) is 0.830. The number of pyridine rings is 1. The minimum Gasteiger partial charge on any atom is -0.289 e. The van der Waals surface area contributed by atoms with Crippen molar-refractivity contribution in [3.63, 3.8) is 0 Å². The van der Waals surface area contributed by atoms with Crippen LogP contribution in [-0.2, 0) is 0 Å². The van der Waals surface area contributed by atoms with E-state index in [1.807, 2.05) is 36.5 Å². The van der Waals surface area contributed by atoms with Gasteiger partial charge in [0.2, 0.25) is 0 Å². The van der Waals surface area contributed by atoms with Gasteiger partial charge in [0.1, 0.15) is 5.82 Å². The molecule has 0 amide bonds. The number of nitrogens with zero attached hydrogens (tertiary/aromatic N) is 2. The molecule has 0 radical (unpaired) electrons. The van der Waals surface area contributed by atoms with Crippen molar-refractivity contribution >= 4 is 11.6 Å². The van der Waals surface area contributed by atoms with Crippen molar-refractivity contribution in [3.05, 3.63) is 89.0 Å². The molecule has 2 aromatic rings. The summed E-state index contributed by atoms with van der Waals surface area (Å²) in [6, 6.07) is 14.2. The molecule has 2 nitrogen and oxygen atoms in total. The summed E-state index contributed by atoms with van der Waals surface area (Å²) < 4.78 is 15.0. The number of allylic oxidation sites excluding steroid dienone is 3. The van der Waals surface area contributed by atoms with Gasteiger partial charge in [-0.1, -0.05) is 48.0 Å². The maximum Gasteiger partial charge on any atom is 0.128 e. The fourth-order valence-electron chi connectivity index (χ4n) is 5.58. The number of benzene rings is 1. The Labute approximate surface area is 170 Å². The second-order valence-corrected chi connectivity index (χ2v) is 8.57. The molecule has 144 valence electrons. The third-order valence-electron chi connectivity index (χ3n) is 6.72. The molecule has 3 heterocycles. The summed E-state index contributed by atoms with van der Waals surface area (Å²) in [4.78, 5) is 7.22. The van der Waals surface area contributed by atoms with E-state index in [1.54, 1.807) is 12.1 Å². The molecule has 4 heteroatoms. The third-order valence-corrected chi connectivity index (χ3v) is 7.13. The molecule has 3 aliphatic rings. The Morgan fingerprint density at radius 1 is 1.11 bits per heavy atom. The fourth-order valence-corrected chi connectivity index (χ4v) is 5.86. The summed E-state index contributed by atoms with van der Waals surface area (Å²) >= 11 is 6.68. The van der Waals surface area contributed by atoms with Gasteiger partial charge >= 0.3 is 0 Å². The Kier molecular flexibility index (Phi) is 4.82. The van der Waals surface area contributed by atoms with Crippen LogP contribution in [0.1, 0.15) is 48.9 Å². The molecular formula is C24H24ClFN2. The lowest BCUT2D eigenvalue weighted by molar-refractivity contribution is 0.132. The van der Waals surface area contributed by atoms with E-state index in [0.717, 1.165) is 35.6 Å². The van der Waals surface area contributed by atoms with Crippen molar-refractivity contribution < 1.29 is 4.39 Å². The van der Waals surface area contributed by atoms with Gasteiger partial charge in [-0.05, 0) is 50.0 Å². The largest absolute Gasteiger partial charge is 0.289 e. The molecule has 28 heavy (non-hydrogen) atoms. The van der Waals surface area contributed by atoms with Crippen molar-refractivity contribution in [1.29, 1.82) is 0 Å². The van der Waals surface area contributed by atoms with E-state index in [0.29, 0.717) is 18.0 Å². The zero-order valence-corrected chi connectivity index (χ0v) is 16.5. The lowest BCUT2D eigenvalue weighted by Crippen LogP contribution is -2.39. The van der Waals surface area contributed by atoms with Crippen molar-refractivity contribution in [2.75, 3.05) is 0 Å². The highest BCUT2D eigenvalue weighted by Crippen LogP contribution is 2.53. The van der Waals surface area contributed by atoms with E-state index >= 15 is 0 Å². The quantitative estimate of drug-likeness (QED) is 0.634. The van der Waals surface area contributed by atoms with Gasteiger partial charge < -0.3 is 0 Å². The number of halogens is 2. The summed E-state index contributed by atoms with van der Waals surface area (Å²) in [6.07, 6.45) is 12.3. The van der Waals surface area contributed by atoms with Crippen LogP contribution in [0.3, 0.4) is 0 Å². The van der Waals surface area contributed by atoms with Crippen LogP contribution in [-0.4, -0.2) is 22.0 Å². The van der Waals surface area contributed by atoms with Crippen LogP contribution < -0.4 is 0 Å². The Morgan fingerprint density at radius 2 is 1.96 bits per heavy atom. The second-order valence-electron chi connectivity index (χ2n) is 8.13. The zero-order valence-electron chi connectivity index (χ0n) is 15.7. The summed E-state index contributed by atoms with van der Waals surface area (Å²) in [7, 11) is 0. The van der Waals surface area contributed by atoms with E-state index in [2.05, 4.69) is 28.1 Å². The Balaban J connectivity index is 1.56. The van der Waals surface area contributed by atoms with E-state index < -0.39 is 0 Å². The molecule has 2 fully saturated rings. The molecule has 2 saturated heterocycles. The number of hydrogen-bond acceptors (Lipinski definition) is 2. The first-order valence-electron chi connectivity index (χ1n) is 10.2. The predicted octanol–water partition coefficient (Wildman–Crippen LogP) is 5.98. The average molecular weight is 395 g/mol. The number of rotatable bonds is 4. The Bertz CT molecular complexity index is 910. The molecule has 5 rings (SSSR count). The zero-order chi connectivity index (χ0) is 19.1. The summed E-state index contributed by atoms with van der Waals surface area (Å²) in [5.74, 6) is 0.373. The number of aromatic nitrogens is 1. The smallest absolute Gasteiger partial charge is 0.128 e. The van der Waals surface area contributed by atoms with Crippen LogP contribution in [0.5, 0.6) is 0 Å². The van der Waals surface area contributed by atoms with Crippen LogP contribution in [0.4, 0.5) is 4.39 Å². The second kappa shape index (κ2) is 7.46. The highest BCUT2D eigenvalue weighted by Gasteiger charge is 2.52. The first-order valence-corrected chi connectivity index (χ1v) is 10.6. The summed E-state index contributed by atoms with van der Waals surface area (Å²) in [5.41, 5.74) is 1.94. The van der Waals surface area contributed by atoms with E-state index in [1.165, 1.54) is 6.42 Å². The highest BCUT2D eigenvalue weighted by atomic mass is 35.5. The monoisotopic (exact) mass is 394 g/mol. The van der Waals surface area contributed by atoms with Gasteiger partial charge in [0, 0.05) is 52.4 Å². The Morgan fingerprint density at radius 3 is 2.75 bits per heavy atom. The maximum atomic E-state index is 15.0. The minimum atomic E-state index is -0.132. The van der Waals surface area contributed by atoms with Gasteiger partial charge in [0.05, 0.1) is 0 Å². The summed E-state index contributed by atoms with van der Waals surface area (Å²) in [6.45, 7) is 0. The van der Waals surface area contributed by atoms with E-state index in [4.69, 9.17) is 11.6 Å². The first-order chi connectivity index (χ1) is 13.7. The van der Waals surface area contributed by atoms with Crippen molar-refractivity contribution in [3.8, 4) is 0 Å². The molecule has 1 aromatic carbocycles. The van der Waals surface area contributed by atoms with Gasteiger partial charge in [-0.25, -0.2) is 4.39 Å². The lowest BCUT2D eigenvalue weighted by atomic mass is 9.85. The molecule has 0 saturated carbocycles. The molecule has 5 atom stereocenters. The third kappa shape index (κ3) is 3.01. The van der Waals surface area contributed by atoms with Crippen molar-refractivity contribution in [2.24, 2.45) is 5.92 Å². The van der Waals surface area contributed by atoms with Gasteiger partial charge in [0.25, 0.3) is 0 Å². The molecule has 1 aromatic heterocycles. The van der Waals surface area contributed by atoms with Gasteiger partial charge in [-0.2, -0.15) is 0 Å². The first kappa shape index (κ1) is 18.1. The molecule has 5 unspecified atom stereocenters. The number of fused-ring (bicyclic) bond motifs is 2. The van der Waals surface area contributed by atoms with Crippen LogP contribution in [0.25, 0.3) is 0 Å². The topological polar surface area (TPSA) is 16.1 Å².